The monoisotopic (exact) mass is 376 g/mol. The van der Waals surface area contributed by atoms with Gasteiger partial charge < -0.3 is 4.57 Å². The van der Waals surface area contributed by atoms with Crippen LogP contribution in [0.1, 0.15) is 0 Å². The summed E-state index contributed by atoms with van der Waals surface area (Å²) >= 11 is 3.02. The Morgan fingerprint density at radius 1 is 1.25 bits per heavy atom. The quantitative estimate of drug-likeness (QED) is 0.501. The molecular weight excluding hydrogens is 360 g/mol. The first-order valence-electron chi connectivity index (χ1n) is 7.19. The third-order valence-electron chi connectivity index (χ3n) is 3.44. The van der Waals surface area contributed by atoms with E-state index in [0.29, 0.717) is 11.3 Å². The number of benzene rings is 2. The van der Waals surface area contributed by atoms with Gasteiger partial charge in [0.1, 0.15) is 0 Å². The summed E-state index contributed by atoms with van der Waals surface area (Å²) in [5.41, 5.74) is 0.958. The van der Waals surface area contributed by atoms with E-state index in [-0.39, 0.29) is 4.90 Å². The number of thiazole rings is 1. The fourth-order valence-electron chi connectivity index (χ4n) is 2.30. The van der Waals surface area contributed by atoms with Crippen LogP contribution in [0.2, 0.25) is 0 Å². The van der Waals surface area contributed by atoms with Gasteiger partial charge in [-0.15, -0.1) is 22.7 Å². The third-order valence-corrected chi connectivity index (χ3v) is 6.60. The van der Waals surface area contributed by atoms with E-state index in [4.69, 9.17) is 0 Å². The van der Waals surface area contributed by atoms with Crippen molar-refractivity contribution in [2.75, 3.05) is 6.26 Å². The van der Waals surface area contributed by atoms with Gasteiger partial charge in [0.2, 0.25) is 4.80 Å². The summed E-state index contributed by atoms with van der Waals surface area (Å²) in [6.07, 6.45) is 3.75. The van der Waals surface area contributed by atoms with Crippen LogP contribution in [0.25, 0.3) is 10.2 Å². The van der Waals surface area contributed by atoms with Gasteiger partial charge >= 0.3 is 0 Å². The number of aromatic nitrogens is 1. The summed E-state index contributed by atoms with van der Waals surface area (Å²) < 4.78 is 32.1. The zero-order chi connectivity index (χ0) is 17.2. The predicted octanol–water partition coefficient (Wildman–Crippen LogP) is 3.90. The molecule has 0 unspecified atom stereocenters. The van der Waals surface area contributed by atoms with Gasteiger partial charge in [0.15, 0.2) is 0 Å². The van der Waals surface area contributed by atoms with E-state index in [2.05, 4.69) is 17.0 Å². The minimum atomic E-state index is -3.74. The van der Waals surface area contributed by atoms with Crippen LogP contribution in [-0.4, -0.2) is 19.2 Å². The van der Waals surface area contributed by atoms with E-state index >= 15 is 0 Å². The second kappa shape index (κ2) is 6.96. The summed E-state index contributed by atoms with van der Waals surface area (Å²) in [4.78, 5) is 1.77. The molecule has 7 heteroatoms. The molecule has 1 heterocycles. The Bertz CT molecular complexity index is 1050. The van der Waals surface area contributed by atoms with Crippen LogP contribution < -0.4 is 4.80 Å². The van der Waals surface area contributed by atoms with Crippen molar-refractivity contribution < 1.29 is 8.42 Å². The molecule has 124 valence electrons. The minimum absolute atomic E-state index is 0.192. The SMILES string of the molecule is C=CCn1c(=NS(=O)(=O)c2ccccc2)sc2cc(SC)ccc21. The lowest BCUT2D eigenvalue weighted by molar-refractivity contribution is 0.596. The number of rotatable bonds is 5. The molecule has 0 aliphatic heterocycles. The highest BCUT2D eigenvalue weighted by molar-refractivity contribution is 7.98. The predicted molar refractivity (Wildman–Crippen MR) is 101 cm³/mol. The number of hydrogen-bond acceptors (Lipinski definition) is 4. The summed E-state index contributed by atoms with van der Waals surface area (Å²) in [6, 6.07) is 14.3. The fraction of sp³-hybridized carbons (Fsp3) is 0.118. The van der Waals surface area contributed by atoms with Crippen molar-refractivity contribution >= 4 is 43.3 Å². The molecule has 0 amide bonds. The van der Waals surface area contributed by atoms with E-state index in [1.807, 2.05) is 23.0 Å². The molecule has 0 bridgehead atoms. The summed E-state index contributed by atoms with van der Waals surface area (Å²) in [6.45, 7) is 4.26. The normalized spacial score (nSPS) is 12.6. The van der Waals surface area contributed by atoms with Gasteiger partial charge in [0.25, 0.3) is 10.0 Å². The maximum atomic E-state index is 12.6. The molecule has 0 saturated carbocycles. The van der Waals surface area contributed by atoms with Gasteiger partial charge in [-0.2, -0.15) is 8.42 Å². The van der Waals surface area contributed by atoms with Crippen molar-refractivity contribution in [3.8, 4) is 0 Å². The van der Waals surface area contributed by atoms with Crippen molar-refractivity contribution in [2.24, 2.45) is 4.40 Å². The average molecular weight is 377 g/mol. The highest BCUT2D eigenvalue weighted by Gasteiger charge is 2.14. The standard InChI is InChI=1S/C17H16N2O2S3/c1-3-11-19-15-10-9-13(22-2)12-16(15)23-17(19)18-24(20,21)14-7-5-4-6-8-14/h3-10,12H,1,11H2,2H3. The topological polar surface area (TPSA) is 51.4 Å². The number of hydrogen-bond donors (Lipinski definition) is 0. The highest BCUT2D eigenvalue weighted by Crippen LogP contribution is 2.24. The lowest BCUT2D eigenvalue weighted by Gasteiger charge is -2.02. The average Bonchev–Trinajstić information content (AvgIpc) is 2.92. The van der Waals surface area contributed by atoms with Crippen LogP contribution in [0, 0.1) is 0 Å². The Labute approximate surface area is 149 Å². The van der Waals surface area contributed by atoms with Crippen molar-refractivity contribution in [3.63, 3.8) is 0 Å². The number of allylic oxidation sites excluding steroid dienone is 1. The van der Waals surface area contributed by atoms with Gasteiger partial charge in [-0.25, -0.2) is 0 Å². The first-order valence-corrected chi connectivity index (χ1v) is 10.7. The molecule has 3 aromatic rings. The maximum absolute atomic E-state index is 12.6. The molecule has 2 aromatic carbocycles. The zero-order valence-corrected chi connectivity index (χ0v) is 15.5. The molecule has 0 spiro atoms. The van der Waals surface area contributed by atoms with E-state index < -0.39 is 10.0 Å². The van der Waals surface area contributed by atoms with Gasteiger partial charge in [0.05, 0.1) is 15.1 Å². The lowest BCUT2D eigenvalue weighted by Crippen LogP contribution is -2.16. The number of nitrogens with zero attached hydrogens (tertiary/aromatic N) is 2. The first-order chi connectivity index (χ1) is 11.5. The van der Waals surface area contributed by atoms with E-state index in [1.54, 1.807) is 48.2 Å². The zero-order valence-electron chi connectivity index (χ0n) is 13.0. The molecule has 24 heavy (non-hydrogen) atoms. The summed E-state index contributed by atoms with van der Waals surface area (Å²) in [5, 5.41) is 0. The summed E-state index contributed by atoms with van der Waals surface area (Å²) in [7, 11) is -3.74. The molecule has 3 rings (SSSR count). The Balaban J connectivity index is 2.24. The van der Waals surface area contributed by atoms with E-state index in [1.165, 1.54) is 11.3 Å². The van der Waals surface area contributed by atoms with Crippen molar-refractivity contribution in [3.05, 3.63) is 66.0 Å². The summed E-state index contributed by atoms with van der Waals surface area (Å²) in [5.74, 6) is 0. The Hall–Kier alpha value is -1.83. The molecule has 0 fully saturated rings. The molecule has 1 aromatic heterocycles. The van der Waals surface area contributed by atoms with Gasteiger partial charge in [0, 0.05) is 11.4 Å². The lowest BCUT2D eigenvalue weighted by atomic mass is 10.3. The smallest absolute Gasteiger partial charge is 0.285 e. The van der Waals surface area contributed by atoms with E-state index in [0.717, 1.165) is 15.1 Å². The third kappa shape index (κ3) is 3.33. The maximum Gasteiger partial charge on any atom is 0.285 e. The van der Waals surface area contributed by atoms with Crippen molar-refractivity contribution in [1.82, 2.24) is 4.57 Å². The van der Waals surface area contributed by atoms with Gasteiger partial charge in [-0.1, -0.05) is 35.6 Å². The molecule has 0 N–H and O–H groups in total. The van der Waals surface area contributed by atoms with Crippen LogP contribution in [0.5, 0.6) is 0 Å². The minimum Gasteiger partial charge on any atom is -0.312 e. The molecule has 0 saturated heterocycles. The Morgan fingerprint density at radius 3 is 2.67 bits per heavy atom. The van der Waals surface area contributed by atoms with Crippen molar-refractivity contribution in [1.29, 1.82) is 0 Å². The fourth-order valence-corrected chi connectivity index (χ4v) is 5.12. The molecule has 0 atom stereocenters. The van der Waals surface area contributed by atoms with Gasteiger partial charge in [-0.3, -0.25) is 0 Å². The molecule has 0 aliphatic carbocycles. The molecular formula is C17H16N2O2S3. The largest absolute Gasteiger partial charge is 0.312 e. The second-order valence-corrected chi connectivity index (χ2v) is 8.49. The van der Waals surface area contributed by atoms with Crippen LogP contribution >= 0.6 is 23.1 Å². The molecule has 4 nitrogen and oxygen atoms in total. The van der Waals surface area contributed by atoms with Crippen LogP contribution in [-0.2, 0) is 16.6 Å². The van der Waals surface area contributed by atoms with Crippen LogP contribution in [0.3, 0.4) is 0 Å². The van der Waals surface area contributed by atoms with Crippen LogP contribution in [0.4, 0.5) is 0 Å². The number of thioether (sulfide) groups is 1. The van der Waals surface area contributed by atoms with Crippen molar-refractivity contribution in [2.45, 2.75) is 16.3 Å². The molecule has 0 aliphatic rings. The Morgan fingerprint density at radius 2 is 2.00 bits per heavy atom. The molecule has 0 radical (unpaired) electrons. The van der Waals surface area contributed by atoms with Crippen LogP contribution in [0.15, 0.2) is 75.4 Å². The second-order valence-electron chi connectivity index (χ2n) is 5.00. The van der Waals surface area contributed by atoms with Gasteiger partial charge in [-0.05, 0) is 36.6 Å². The Kier molecular flexibility index (Phi) is 4.93. The number of sulfonamides is 1. The first kappa shape index (κ1) is 17.0. The highest BCUT2D eigenvalue weighted by atomic mass is 32.2. The number of fused-ring (bicyclic) bond motifs is 1. The van der Waals surface area contributed by atoms with E-state index in [9.17, 15) is 8.42 Å².